The molecular formula is C10H9NO5. The van der Waals surface area contributed by atoms with Crippen molar-refractivity contribution in [2.75, 3.05) is 6.61 Å². The second-order valence-corrected chi connectivity index (χ2v) is 2.92. The van der Waals surface area contributed by atoms with E-state index in [0.29, 0.717) is 5.56 Å². The summed E-state index contributed by atoms with van der Waals surface area (Å²) in [5.74, 6) is -1.25. The molecule has 84 valence electrons. The van der Waals surface area contributed by atoms with Gasteiger partial charge in [0.05, 0.1) is 17.1 Å². The molecule has 0 saturated carbocycles. The summed E-state index contributed by atoms with van der Waals surface area (Å²) in [5.41, 5.74) is -0.135. The number of nitrogens with zero attached hydrogens (tertiary/aromatic N) is 1. The second-order valence-electron chi connectivity index (χ2n) is 2.92. The Morgan fingerprint density at radius 1 is 1.50 bits per heavy atom. The summed E-state index contributed by atoms with van der Waals surface area (Å²) in [6.45, 7) is -0.226. The average Bonchev–Trinajstić information content (AvgIpc) is 2.25. The standard InChI is InChI=1S/C10H9NO5/c12-5-1-2-7-3-4-8(11(15)16)6-9(7)10(13)14/h1-4,6,12H,5H2,(H,13,14). The maximum absolute atomic E-state index is 10.8. The highest BCUT2D eigenvalue weighted by Gasteiger charge is 2.14. The molecule has 0 saturated heterocycles. The highest BCUT2D eigenvalue weighted by atomic mass is 16.6. The van der Waals surface area contributed by atoms with E-state index in [0.717, 1.165) is 6.07 Å². The third-order valence-corrected chi connectivity index (χ3v) is 1.88. The third kappa shape index (κ3) is 2.64. The molecule has 0 heterocycles. The van der Waals surface area contributed by atoms with Crippen molar-refractivity contribution < 1.29 is 19.9 Å². The lowest BCUT2D eigenvalue weighted by Gasteiger charge is -2.00. The quantitative estimate of drug-likeness (QED) is 0.591. The minimum Gasteiger partial charge on any atom is -0.478 e. The topological polar surface area (TPSA) is 101 Å². The van der Waals surface area contributed by atoms with E-state index >= 15 is 0 Å². The fourth-order valence-corrected chi connectivity index (χ4v) is 1.17. The Hall–Kier alpha value is -2.21. The van der Waals surface area contributed by atoms with Crippen LogP contribution >= 0.6 is 0 Å². The summed E-state index contributed by atoms with van der Waals surface area (Å²) >= 11 is 0. The van der Waals surface area contributed by atoms with Crippen molar-refractivity contribution in [1.82, 2.24) is 0 Å². The lowest BCUT2D eigenvalue weighted by Crippen LogP contribution is -2.01. The van der Waals surface area contributed by atoms with Gasteiger partial charge >= 0.3 is 5.97 Å². The van der Waals surface area contributed by atoms with Gasteiger partial charge in [-0.25, -0.2) is 4.79 Å². The summed E-state index contributed by atoms with van der Waals surface area (Å²) in [7, 11) is 0. The van der Waals surface area contributed by atoms with E-state index in [2.05, 4.69) is 0 Å². The van der Waals surface area contributed by atoms with Gasteiger partial charge in [-0.2, -0.15) is 0 Å². The monoisotopic (exact) mass is 223 g/mol. The molecule has 0 aromatic heterocycles. The predicted molar refractivity (Wildman–Crippen MR) is 56.2 cm³/mol. The zero-order chi connectivity index (χ0) is 12.1. The van der Waals surface area contributed by atoms with Gasteiger partial charge in [0.15, 0.2) is 0 Å². The number of aliphatic hydroxyl groups is 1. The Kier molecular flexibility index (Phi) is 3.73. The maximum atomic E-state index is 10.8. The van der Waals surface area contributed by atoms with Crippen LogP contribution in [0, 0.1) is 10.1 Å². The van der Waals surface area contributed by atoms with E-state index in [-0.39, 0.29) is 17.9 Å². The molecule has 6 heteroatoms. The van der Waals surface area contributed by atoms with Crippen LogP contribution in [-0.2, 0) is 0 Å². The molecule has 0 aliphatic carbocycles. The Balaban J connectivity index is 3.24. The summed E-state index contributed by atoms with van der Waals surface area (Å²) in [4.78, 5) is 20.6. The van der Waals surface area contributed by atoms with E-state index in [1.54, 1.807) is 0 Å². The van der Waals surface area contributed by atoms with Crippen LogP contribution in [0.25, 0.3) is 6.08 Å². The molecule has 0 aliphatic rings. The third-order valence-electron chi connectivity index (χ3n) is 1.88. The van der Waals surface area contributed by atoms with Gasteiger partial charge in [0, 0.05) is 12.1 Å². The van der Waals surface area contributed by atoms with Crippen LogP contribution in [0.4, 0.5) is 5.69 Å². The Morgan fingerprint density at radius 3 is 2.69 bits per heavy atom. The molecule has 1 rings (SSSR count). The van der Waals surface area contributed by atoms with Gasteiger partial charge in [-0.1, -0.05) is 12.2 Å². The van der Waals surface area contributed by atoms with Crippen molar-refractivity contribution in [3.63, 3.8) is 0 Å². The molecule has 0 atom stereocenters. The number of hydrogen-bond donors (Lipinski definition) is 2. The molecule has 0 unspecified atom stereocenters. The number of carbonyl (C=O) groups is 1. The van der Waals surface area contributed by atoms with Gasteiger partial charge in [-0.05, 0) is 11.6 Å². The number of benzene rings is 1. The van der Waals surface area contributed by atoms with E-state index in [1.807, 2.05) is 0 Å². The van der Waals surface area contributed by atoms with Gasteiger partial charge in [0.2, 0.25) is 0 Å². The van der Waals surface area contributed by atoms with Crippen molar-refractivity contribution in [3.05, 3.63) is 45.5 Å². The van der Waals surface area contributed by atoms with Crippen LogP contribution in [-0.4, -0.2) is 27.7 Å². The smallest absolute Gasteiger partial charge is 0.336 e. The largest absolute Gasteiger partial charge is 0.478 e. The van der Waals surface area contributed by atoms with Crippen LogP contribution in [0.3, 0.4) is 0 Å². The fourth-order valence-electron chi connectivity index (χ4n) is 1.17. The van der Waals surface area contributed by atoms with Crippen molar-refractivity contribution in [1.29, 1.82) is 0 Å². The first kappa shape index (κ1) is 11.9. The normalized spacial score (nSPS) is 10.6. The van der Waals surface area contributed by atoms with Crippen LogP contribution in [0.2, 0.25) is 0 Å². The maximum Gasteiger partial charge on any atom is 0.336 e. The molecule has 0 bridgehead atoms. The van der Waals surface area contributed by atoms with Crippen LogP contribution in [0.15, 0.2) is 24.3 Å². The number of aromatic carboxylic acids is 1. The number of aliphatic hydroxyl groups excluding tert-OH is 1. The van der Waals surface area contributed by atoms with Gasteiger partial charge in [0.25, 0.3) is 5.69 Å². The number of non-ortho nitro benzene ring substituents is 1. The Labute approximate surface area is 90.6 Å². The molecular weight excluding hydrogens is 214 g/mol. The Morgan fingerprint density at radius 2 is 2.19 bits per heavy atom. The predicted octanol–water partition coefficient (Wildman–Crippen LogP) is 1.30. The number of carboxylic acid groups (broad SMARTS) is 1. The lowest BCUT2D eigenvalue weighted by atomic mass is 10.1. The van der Waals surface area contributed by atoms with Gasteiger partial charge < -0.3 is 10.2 Å². The zero-order valence-electron chi connectivity index (χ0n) is 8.16. The molecule has 16 heavy (non-hydrogen) atoms. The SMILES string of the molecule is O=C(O)c1cc([N+](=O)[O-])ccc1C=CCO. The van der Waals surface area contributed by atoms with Crippen LogP contribution in [0.1, 0.15) is 15.9 Å². The van der Waals surface area contributed by atoms with Crippen molar-refractivity contribution in [2.24, 2.45) is 0 Å². The molecule has 0 aliphatic heterocycles. The van der Waals surface area contributed by atoms with E-state index in [4.69, 9.17) is 10.2 Å². The summed E-state index contributed by atoms with van der Waals surface area (Å²) in [6, 6.07) is 3.52. The summed E-state index contributed by atoms with van der Waals surface area (Å²) in [6.07, 6.45) is 2.75. The molecule has 2 N–H and O–H groups in total. The van der Waals surface area contributed by atoms with Crippen molar-refractivity contribution >= 4 is 17.7 Å². The Bertz CT molecular complexity index is 453. The number of rotatable bonds is 4. The second kappa shape index (κ2) is 5.04. The molecule has 0 amide bonds. The summed E-state index contributed by atoms with van der Waals surface area (Å²) in [5, 5.41) is 27.9. The van der Waals surface area contributed by atoms with E-state index < -0.39 is 10.9 Å². The first-order valence-electron chi connectivity index (χ1n) is 4.35. The highest BCUT2D eigenvalue weighted by molar-refractivity contribution is 5.93. The van der Waals surface area contributed by atoms with E-state index in [1.165, 1.54) is 24.3 Å². The summed E-state index contributed by atoms with van der Waals surface area (Å²) < 4.78 is 0. The van der Waals surface area contributed by atoms with E-state index in [9.17, 15) is 14.9 Å². The van der Waals surface area contributed by atoms with Gasteiger partial charge in [-0.3, -0.25) is 10.1 Å². The molecule has 0 spiro atoms. The average molecular weight is 223 g/mol. The number of nitro groups is 1. The molecule has 0 radical (unpaired) electrons. The van der Waals surface area contributed by atoms with Crippen LogP contribution < -0.4 is 0 Å². The lowest BCUT2D eigenvalue weighted by molar-refractivity contribution is -0.384. The molecule has 1 aromatic rings. The first-order chi connectivity index (χ1) is 7.56. The molecule has 6 nitrogen and oxygen atoms in total. The van der Waals surface area contributed by atoms with Crippen molar-refractivity contribution in [2.45, 2.75) is 0 Å². The van der Waals surface area contributed by atoms with Gasteiger partial charge in [-0.15, -0.1) is 0 Å². The number of nitro benzene ring substituents is 1. The zero-order valence-corrected chi connectivity index (χ0v) is 8.16. The molecule has 1 aromatic carbocycles. The first-order valence-corrected chi connectivity index (χ1v) is 4.35. The number of hydrogen-bond acceptors (Lipinski definition) is 4. The minimum absolute atomic E-state index is 0.168. The van der Waals surface area contributed by atoms with Crippen molar-refractivity contribution in [3.8, 4) is 0 Å². The fraction of sp³-hybridized carbons (Fsp3) is 0.100. The van der Waals surface area contributed by atoms with Gasteiger partial charge in [0.1, 0.15) is 0 Å². The number of carboxylic acids is 1. The highest BCUT2D eigenvalue weighted by Crippen LogP contribution is 2.19. The molecule has 0 fully saturated rings. The minimum atomic E-state index is -1.25. The van der Waals surface area contributed by atoms with Crippen LogP contribution in [0.5, 0.6) is 0 Å².